The summed E-state index contributed by atoms with van der Waals surface area (Å²) in [6.07, 6.45) is 2.34. The second-order valence-corrected chi connectivity index (χ2v) is 8.43. The van der Waals surface area contributed by atoms with Gasteiger partial charge in [-0.25, -0.2) is 9.97 Å². The fourth-order valence-electron chi connectivity index (χ4n) is 3.33. The molecule has 7 nitrogen and oxygen atoms in total. The minimum absolute atomic E-state index is 0.153. The molecule has 1 N–H and O–H groups in total. The topological polar surface area (TPSA) is 86.5 Å². The summed E-state index contributed by atoms with van der Waals surface area (Å²) >= 11 is 1.35. The fourth-order valence-corrected chi connectivity index (χ4v) is 4.05. The number of methoxy groups -OCH3 is 2. The second-order valence-electron chi connectivity index (χ2n) is 7.57. The first-order valence-electron chi connectivity index (χ1n) is 10.5. The van der Waals surface area contributed by atoms with E-state index in [0.29, 0.717) is 40.4 Å². The highest BCUT2D eigenvalue weighted by Crippen LogP contribution is 2.35. The van der Waals surface area contributed by atoms with Crippen LogP contribution in [-0.4, -0.2) is 30.1 Å². The molecule has 0 bridgehead atoms. The fraction of sp³-hybridized carbons (Fsp3) is 0.240. The minimum Gasteiger partial charge on any atom is -0.497 e. The summed E-state index contributed by atoms with van der Waals surface area (Å²) in [6, 6.07) is 11.7. The first-order chi connectivity index (χ1) is 16.0. The highest BCUT2D eigenvalue weighted by atomic mass is 32.1. The van der Waals surface area contributed by atoms with Crippen LogP contribution < -0.4 is 14.8 Å². The normalized spacial score (nSPS) is 10.8. The Kier molecular flexibility index (Phi) is 6.74. The minimum atomic E-state index is -0.153. The van der Waals surface area contributed by atoms with Crippen LogP contribution in [0.1, 0.15) is 23.4 Å². The molecule has 0 fully saturated rings. The first kappa shape index (κ1) is 22.5. The van der Waals surface area contributed by atoms with Crippen molar-refractivity contribution in [3.63, 3.8) is 0 Å². The van der Waals surface area contributed by atoms with Gasteiger partial charge in [0.1, 0.15) is 11.5 Å². The van der Waals surface area contributed by atoms with Crippen molar-refractivity contribution in [3.05, 3.63) is 65.0 Å². The molecule has 2 aromatic carbocycles. The molecule has 8 heteroatoms. The van der Waals surface area contributed by atoms with Crippen LogP contribution in [0.2, 0.25) is 0 Å². The number of aromatic nitrogens is 2. The summed E-state index contributed by atoms with van der Waals surface area (Å²) in [5, 5.41) is 5.24. The van der Waals surface area contributed by atoms with Crippen LogP contribution in [-0.2, 0) is 11.2 Å². The molecular weight excluding hydrogens is 438 g/mol. The molecule has 33 heavy (non-hydrogen) atoms. The van der Waals surface area contributed by atoms with Gasteiger partial charge in [-0.05, 0) is 49.2 Å². The van der Waals surface area contributed by atoms with Gasteiger partial charge in [-0.3, -0.25) is 4.79 Å². The van der Waals surface area contributed by atoms with Crippen LogP contribution >= 0.6 is 11.3 Å². The maximum Gasteiger partial charge on any atom is 0.226 e. The summed E-state index contributed by atoms with van der Waals surface area (Å²) in [4.78, 5) is 21.3. The zero-order chi connectivity index (χ0) is 23.4. The Morgan fingerprint density at radius 2 is 1.94 bits per heavy atom. The Hall–Kier alpha value is -3.65. The number of hydrogen-bond donors (Lipinski definition) is 1. The van der Waals surface area contributed by atoms with E-state index in [4.69, 9.17) is 13.9 Å². The third kappa shape index (κ3) is 5.23. The number of carbonyl (C=O) groups excluding carboxylic acids is 1. The van der Waals surface area contributed by atoms with Crippen LogP contribution in [0.4, 0.5) is 5.13 Å². The lowest BCUT2D eigenvalue weighted by Gasteiger charge is -2.08. The lowest BCUT2D eigenvalue weighted by Crippen LogP contribution is -2.12. The van der Waals surface area contributed by atoms with Gasteiger partial charge < -0.3 is 19.2 Å². The Bertz CT molecular complexity index is 1280. The van der Waals surface area contributed by atoms with Crippen LogP contribution in [0.15, 0.2) is 52.4 Å². The molecule has 0 atom stereocenters. The van der Waals surface area contributed by atoms with Gasteiger partial charge in [0.25, 0.3) is 0 Å². The van der Waals surface area contributed by atoms with E-state index in [0.717, 1.165) is 11.1 Å². The summed E-state index contributed by atoms with van der Waals surface area (Å²) in [7, 11) is 3.21. The quantitative estimate of drug-likeness (QED) is 0.362. The molecule has 0 unspecified atom stereocenters. The Morgan fingerprint density at radius 3 is 2.70 bits per heavy atom. The number of anilines is 1. The van der Waals surface area contributed by atoms with E-state index in [-0.39, 0.29) is 12.3 Å². The average molecular weight is 464 g/mol. The molecule has 0 aliphatic carbocycles. The van der Waals surface area contributed by atoms with Crippen LogP contribution in [0.3, 0.4) is 0 Å². The number of oxazole rings is 1. The number of thiazole rings is 1. The predicted octanol–water partition coefficient (Wildman–Crippen LogP) is 5.67. The molecule has 0 aliphatic heterocycles. The van der Waals surface area contributed by atoms with Gasteiger partial charge in [-0.2, -0.15) is 0 Å². The summed E-state index contributed by atoms with van der Waals surface area (Å²) in [5.74, 6) is 2.46. The summed E-state index contributed by atoms with van der Waals surface area (Å²) < 4.78 is 16.6. The molecule has 0 spiro atoms. The highest BCUT2D eigenvalue weighted by molar-refractivity contribution is 7.14. The molecule has 2 heterocycles. The lowest BCUT2D eigenvalue weighted by molar-refractivity contribution is -0.116. The Balaban J connectivity index is 1.37. The third-order valence-electron chi connectivity index (χ3n) is 5.34. The highest BCUT2D eigenvalue weighted by Gasteiger charge is 2.14. The lowest BCUT2D eigenvalue weighted by atomic mass is 10.1. The number of amides is 1. The van der Waals surface area contributed by atoms with Crippen molar-refractivity contribution in [1.29, 1.82) is 0 Å². The standard InChI is InChI=1S/C25H25N3O4S/c1-15-5-6-17(11-16(15)2)22-13-26-24(32-22)10-9-23(29)28-25-27-20(14-33-25)19-12-18(30-3)7-8-21(19)31-4/h5-8,11-14H,9-10H2,1-4H3,(H,27,28,29). The zero-order valence-electron chi connectivity index (χ0n) is 19.0. The molecule has 4 aromatic rings. The van der Waals surface area contributed by atoms with Gasteiger partial charge in [0.15, 0.2) is 16.8 Å². The molecule has 170 valence electrons. The van der Waals surface area contributed by atoms with Crippen molar-refractivity contribution in [1.82, 2.24) is 9.97 Å². The van der Waals surface area contributed by atoms with E-state index in [1.807, 2.05) is 29.6 Å². The number of benzene rings is 2. The van der Waals surface area contributed by atoms with E-state index in [1.165, 1.54) is 22.5 Å². The maximum absolute atomic E-state index is 12.5. The van der Waals surface area contributed by atoms with E-state index in [2.05, 4.69) is 41.3 Å². The molecule has 0 saturated carbocycles. The van der Waals surface area contributed by atoms with Crippen molar-refractivity contribution < 1.29 is 18.7 Å². The van der Waals surface area contributed by atoms with Crippen molar-refractivity contribution in [2.45, 2.75) is 26.7 Å². The number of nitrogens with zero attached hydrogens (tertiary/aromatic N) is 2. The third-order valence-corrected chi connectivity index (χ3v) is 6.10. The van der Waals surface area contributed by atoms with Crippen LogP contribution in [0.5, 0.6) is 11.5 Å². The van der Waals surface area contributed by atoms with Crippen molar-refractivity contribution in [2.24, 2.45) is 0 Å². The van der Waals surface area contributed by atoms with Crippen molar-refractivity contribution in [2.75, 3.05) is 19.5 Å². The van der Waals surface area contributed by atoms with Crippen molar-refractivity contribution >= 4 is 22.4 Å². The number of aryl methyl sites for hydroxylation is 3. The Labute approximate surface area is 196 Å². The number of nitrogens with one attached hydrogen (secondary N) is 1. The largest absolute Gasteiger partial charge is 0.497 e. The summed E-state index contributed by atoms with van der Waals surface area (Å²) in [6.45, 7) is 4.14. The van der Waals surface area contributed by atoms with Gasteiger partial charge in [0.05, 0.1) is 26.1 Å². The smallest absolute Gasteiger partial charge is 0.226 e. The zero-order valence-corrected chi connectivity index (χ0v) is 19.8. The van der Waals surface area contributed by atoms with Crippen LogP contribution in [0, 0.1) is 13.8 Å². The second kappa shape index (κ2) is 9.87. The Morgan fingerprint density at radius 1 is 1.09 bits per heavy atom. The first-order valence-corrected chi connectivity index (χ1v) is 11.3. The number of carbonyl (C=O) groups is 1. The van der Waals surface area contributed by atoms with E-state index >= 15 is 0 Å². The number of rotatable bonds is 8. The van der Waals surface area contributed by atoms with E-state index in [1.54, 1.807) is 20.4 Å². The molecule has 4 rings (SSSR count). The molecule has 1 amide bonds. The maximum atomic E-state index is 12.5. The molecule has 2 aromatic heterocycles. The predicted molar refractivity (Wildman–Crippen MR) is 129 cm³/mol. The van der Waals surface area contributed by atoms with Gasteiger partial charge >= 0.3 is 0 Å². The van der Waals surface area contributed by atoms with Gasteiger partial charge in [-0.1, -0.05) is 12.1 Å². The SMILES string of the molecule is COc1ccc(OC)c(-c2csc(NC(=O)CCc3ncc(-c4ccc(C)c(C)c4)o3)n2)c1. The molecule has 0 aliphatic rings. The van der Waals surface area contributed by atoms with E-state index < -0.39 is 0 Å². The van der Waals surface area contributed by atoms with Gasteiger partial charge in [-0.15, -0.1) is 11.3 Å². The monoisotopic (exact) mass is 463 g/mol. The molecule has 0 radical (unpaired) electrons. The number of hydrogen-bond acceptors (Lipinski definition) is 7. The van der Waals surface area contributed by atoms with Crippen LogP contribution in [0.25, 0.3) is 22.6 Å². The van der Waals surface area contributed by atoms with Crippen molar-refractivity contribution in [3.8, 4) is 34.1 Å². The number of ether oxygens (including phenoxy) is 2. The average Bonchev–Trinajstić information content (AvgIpc) is 3.49. The van der Waals surface area contributed by atoms with Gasteiger partial charge in [0, 0.05) is 29.3 Å². The van der Waals surface area contributed by atoms with Gasteiger partial charge in [0.2, 0.25) is 5.91 Å². The molecule has 0 saturated heterocycles. The van der Waals surface area contributed by atoms with E-state index in [9.17, 15) is 4.79 Å². The molecular formula is C25H25N3O4S. The summed E-state index contributed by atoms with van der Waals surface area (Å²) in [5.41, 5.74) is 4.90.